The second-order valence-corrected chi connectivity index (χ2v) is 4.55. The van der Waals surface area contributed by atoms with Gasteiger partial charge in [0.2, 0.25) is 0 Å². The number of hydrogen-bond acceptors (Lipinski definition) is 3. The first-order chi connectivity index (χ1) is 7.67. The third-order valence-electron chi connectivity index (χ3n) is 3.33. The van der Waals surface area contributed by atoms with Crippen LogP contribution in [0.25, 0.3) is 0 Å². The smallest absolute Gasteiger partial charge is 0.254 e. The Bertz CT molecular complexity index is 379. The summed E-state index contributed by atoms with van der Waals surface area (Å²) in [5, 5.41) is 11.8. The number of aryl methyl sites for hydroxylation is 1. The molecule has 4 nitrogen and oxygen atoms in total. The van der Waals surface area contributed by atoms with E-state index in [1.54, 1.807) is 13.0 Å². The fourth-order valence-electron chi connectivity index (χ4n) is 1.91. The van der Waals surface area contributed by atoms with Gasteiger partial charge >= 0.3 is 0 Å². The molecule has 0 aliphatic heterocycles. The van der Waals surface area contributed by atoms with Gasteiger partial charge in [-0.2, -0.15) is 0 Å². The molecule has 4 heteroatoms. The first kappa shape index (κ1) is 11.2. The minimum Gasteiger partial charge on any atom is -0.469 e. The lowest BCUT2D eigenvalue weighted by Crippen LogP contribution is -2.30. The standard InChI is InChI=1S/C12H17NO3/c1-9-10(2-7-16-9)11(15)13-8-12(3-4-12)5-6-14/h2,7,14H,3-6,8H2,1H3,(H,13,15). The molecule has 88 valence electrons. The van der Waals surface area contributed by atoms with Crippen LogP contribution in [-0.2, 0) is 0 Å². The second kappa shape index (κ2) is 4.29. The van der Waals surface area contributed by atoms with Crippen LogP contribution in [0.1, 0.15) is 35.4 Å². The number of amides is 1. The van der Waals surface area contributed by atoms with E-state index in [9.17, 15) is 4.79 Å². The molecule has 0 radical (unpaired) electrons. The first-order valence-corrected chi connectivity index (χ1v) is 5.60. The summed E-state index contributed by atoms with van der Waals surface area (Å²) in [7, 11) is 0. The topological polar surface area (TPSA) is 62.5 Å². The van der Waals surface area contributed by atoms with Crippen molar-refractivity contribution in [3.05, 3.63) is 23.7 Å². The van der Waals surface area contributed by atoms with E-state index in [0.717, 1.165) is 19.3 Å². The van der Waals surface area contributed by atoms with E-state index in [1.165, 1.54) is 6.26 Å². The summed E-state index contributed by atoms with van der Waals surface area (Å²) in [5.41, 5.74) is 0.752. The van der Waals surface area contributed by atoms with Gasteiger partial charge in [0.05, 0.1) is 11.8 Å². The molecule has 1 aliphatic rings. The molecule has 0 saturated heterocycles. The Morgan fingerprint density at radius 3 is 2.88 bits per heavy atom. The number of carbonyl (C=O) groups excluding carboxylic acids is 1. The van der Waals surface area contributed by atoms with Crippen LogP contribution in [0.5, 0.6) is 0 Å². The molecule has 1 fully saturated rings. The third kappa shape index (κ3) is 2.27. The predicted octanol–water partition coefficient (Wildman–Crippen LogP) is 1.48. The highest BCUT2D eigenvalue weighted by Gasteiger charge is 2.41. The molecule has 1 saturated carbocycles. The van der Waals surface area contributed by atoms with E-state index >= 15 is 0 Å². The maximum atomic E-state index is 11.8. The normalized spacial score (nSPS) is 17.1. The molecule has 0 aromatic carbocycles. The van der Waals surface area contributed by atoms with Crippen molar-refractivity contribution in [2.24, 2.45) is 5.41 Å². The minimum atomic E-state index is -0.0875. The second-order valence-electron chi connectivity index (χ2n) is 4.55. The first-order valence-electron chi connectivity index (χ1n) is 5.60. The zero-order chi connectivity index (χ0) is 11.6. The van der Waals surface area contributed by atoms with Crippen LogP contribution in [0.2, 0.25) is 0 Å². The summed E-state index contributed by atoms with van der Waals surface area (Å²) >= 11 is 0. The van der Waals surface area contributed by atoms with Gasteiger partial charge in [-0.15, -0.1) is 0 Å². The number of rotatable bonds is 5. The van der Waals surface area contributed by atoms with Crippen LogP contribution >= 0.6 is 0 Å². The molecule has 1 aromatic heterocycles. The minimum absolute atomic E-state index is 0.0875. The number of carbonyl (C=O) groups is 1. The molecule has 0 atom stereocenters. The quantitative estimate of drug-likeness (QED) is 0.794. The number of furan rings is 1. The van der Waals surface area contributed by atoms with Crippen molar-refractivity contribution in [1.29, 1.82) is 0 Å². The average molecular weight is 223 g/mol. The fourth-order valence-corrected chi connectivity index (χ4v) is 1.91. The van der Waals surface area contributed by atoms with Gasteiger partial charge in [-0.3, -0.25) is 4.79 Å². The summed E-state index contributed by atoms with van der Waals surface area (Å²) < 4.78 is 5.08. The molecule has 16 heavy (non-hydrogen) atoms. The lowest BCUT2D eigenvalue weighted by Gasteiger charge is -2.14. The van der Waals surface area contributed by atoms with E-state index in [1.807, 2.05) is 0 Å². The SMILES string of the molecule is Cc1occc1C(=O)NCC1(CCO)CC1. The largest absolute Gasteiger partial charge is 0.469 e. The van der Waals surface area contributed by atoms with E-state index in [4.69, 9.17) is 9.52 Å². The molecule has 0 unspecified atom stereocenters. The summed E-state index contributed by atoms with van der Waals surface area (Å²) in [4.78, 5) is 11.8. The lowest BCUT2D eigenvalue weighted by atomic mass is 10.0. The molecule has 1 aromatic rings. The van der Waals surface area contributed by atoms with Crippen molar-refractivity contribution in [2.45, 2.75) is 26.2 Å². The highest BCUT2D eigenvalue weighted by molar-refractivity contribution is 5.95. The Labute approximate surface area is 94.6 Å². The van der Waals surface area contributed by atoms with Gasteiger partial charge in [0.1, 0.15) is 5.76 Å². The third-order valence-corrected chi connectivity index (χ3v) is 3.33. The maximum Gasteiger partial charge on any atom is 0.254 e. The lowest BCUT2D eigenvalue weighted by molar-refractivity contribution is 0.0939. The Balaban J connectivity index is 1.87. The molecular weight excluding hydrogens is 206 g/mol. The Kier molecular flexibility index (Phi) is 3.01. The molecule has 1 heterocycles. The van der Waals surface area contributed by atoms with Crippen molar-refractivity contribution in [2.75, 3.05) is 13.2 Å². The average Bonchev–Trinajstić information content (AvgIpc) is 2.89. The molecule has 1 amide bonds. The summed E-state index contributed by atoms with van der Waals surface area (Å²) in [6, 6.07) is 1.68. The fraction of sp³-hybridized carbons (Fsp3) is 0.583. The molecule has 0 bridgehead atoms. The number of nitrogens with one attached hydrogen (secondary N) is 1. The summed E-state index contributed by atoms with van der Waals surface area (Å²) in [5.74, 6) is 0.556. The Hall–Kier alpha value is -1.29. The monoisotopic (exact) mass is 223 g/mol. The molecule has 1 aliphatic carbocycles. The van der Waals surface area contributed by atoms with Crippen molar-refractivity contribution in [1.82, 2.24) is 5.32 Å². The van der Waals surface area contributed by atoms with Gasteiger partial charge in [0.15, 0.2) is 0 Å². The van der Waals surface area contributed by atoms with Gasteiger partial charge < -0.3 is 14.8 Å². The van der Waals surface area contributed by atoms with Crippen LogP contribution in [0.4, 0.5) is 0 Å². The van der Waals surface area contributed by atoms with Crippen molar-refractivity contribution in [3.63, 3.8) is 0 Å². The molecule has 0 spiro atoms. The van der Waals surface area contributed by atoms with Gasteiger partial charge in [-0.05, 0) is 37.7 Å². The van der Waals surface area contributed by atoms with Gasteiger partial charge in [0.25, 0.3) is 5.91 Å². The molecule has 2 N–H and O–H groups in total. The van der Waals surface area contributed by atoms with Crippen LogP contribution < -0.4 is 5.32 Å². The molecule has 2 rings (SSSR count). The van der Waals surface area contributed by atoms with Crippen LogP contribution in [0.3, 0.4) is 0 Å². The van der Waals surface area contributed by atoms with Gasteiger partial charge in [-0.25, -0.2) is 0 Å². The van der Waals surface area contributed by atoms with Gasteiger partial charge in [-0.1, -0.05) is 0 Å². The zero-order valence-corrected chi connectivity index (χ0v) is 9.45. The maximum absolute atomic E-state index is 11.8. The van der Waals surface area contributed by atoms with Crippen molar-refractivity contribution < 1.29 is 14.3 Å². The van der Waals surface area contributed by atoms with E-state index in [0.29, 0.717) is 17.9 Å². The van der Waals surface area contributed by atoms with E-state index in [2.05, 4.69) is 5.32 Å². The molecular formula is C12H17NO3. The summed E-state index contributed by atoms with van der Waals surface area (Å²) in [6.07, 6.45) is 4.49. The van der Waals surface area contributed by atoms with Crippen molar-refractivity contribution >= 4 is 5.91 Å². The zero-order valence-electron chi connectivity index (χ0n) is 9.45. The highest BCUT2D eigenvalue weighted by atomic mass is 16.3. The van der Waals surface area contributed by atoms with E-state index in [-0.39, 0.29) is 17.9 Å². The van der Waals surface area contributed by atoms with Crippen LogP contribution in [0, 0.1) is 12.3 Å². The Morgan fingerprint density at radius 2 is 2.38 bits per heavy atom. The predicted molar refractivity (Wildman–Crippen MR) is 59.1 cm³/mol. The van der Waals surface area contributed by atoms with Crippen molar-refractivity contribution in [3.8, 4) is 0 Å². The van der Waals surface area contributed by atoms with Crippen LogP contribution in [-0.4, -0.2) is 24.2 Å². The summed E-state index contributed by atoms with van der Waals surface area (Å²) in [6.45, 7) is 2.62. The number of aliphatic hydroxyl groups excluding tert-OH is 1. The van der Waals surface area contributed by atoms with E-state index < -0.39 is 0 Å². The number of hydrogen-bond donors (Lipinski definition) is 2. The number of aliphatic hydroxyl groups is 1. The van der Waals surface area contributed by atoms with Gasteiger partial charge in [0, 0.05) is 13.2 Å². The highest BCUT2D eigenvalue weighted by Crippen LogP contribution is 2.47. The Morgan fingerprint density at radius 1 is 1.62 bits per heavy atom. The van der Waals surface area contributed by atoms with Crippen LogP contribution in [0.15, 0.2) is 16.7 Å².